The molecule has 0 aliphatic rings. The van der Waals surface area contributed by atoms with E-state index in [9.17, 15) is 0 Å². The number of hydrogen-bond donors (Lipinski definition) is 1. The largest absolute Gasteiger partial charge is 0.384 e. The first kappa shape index (κ1) is 13.1. The van der Waals surface area contributed by atoms with E-state index >= 15 is 0 Å². The minimum Gasteiger partial charge on any atom is -0.384 e. The molecule has 0 amide bonds. The van der Waals surface area contributed by atoms with E-state index in [2.05, 4.69) is 36.2 Å². The first-order valence-electron chi connectivity index (χ1n) is 5.65. The van der Waals surface area contributed by atoms with Crippen molar-refractivity contribution >= 4 is 0 Å². The van der Waals surface area contributed by atoms with Crippen LogP contribution in [-0.2, 0) is 17.7 Å². The lowest BCUT2D eigenvalue weighted by molar-refractivity contribution is 0.155. The molecule has 16 heavy (non-hydrogen) atoms. The molecule has 0 saturated heterocycles. The van der Waals surface area contributed by atoms with Crippen LogP contribution in [0.3, 0.4) is 0 Å². The van der Waals surface area contributed by atoms with Gasteiger partial charge in [0, 0.05) is 26.2 Å². The molecule has 0 aliphatic carbocycles. The summed E-state index contributed by atoms with van der Waals surface area (Å²) in [6.07, 6.45) is 0.766. The summed E-state index contributed by atoms with van der Waals surface area (Å²) < 4.78 is 10.2. The van der Waals surface area contributed by atoms with Gasteiger partial charge in [-0.2, -0.15) is 4.98 Å². The molecule has 1 atom stereocenters. The fraction of sp³-hybridized carbons (Fsp3) is 0.818. The third-order valence-corrected chi connectivity index (χ3v) is 2.15. The van der Waals surface area contributed by atoms with Crippen molar-refractivity contribution in [2.45, 2.75) is 39.8 Å². The highest BCUT2D eigenvalue weighted by molar-refractivity contribution is 4.87. The van der Waals surface area contributed by atoms with Crippen LogP contribution < -0.4 is 5.32 Å². The molecule has 0 saturated carbocycles. The predicted molar refractivity (Wildman–Crippen MR) is 61.0 cm³/mol. The van der Waals surface area contributed by atoms with Crippen LogP contribution in [0.25, 0.3) is 0 Å². The zero-order chi connectivity index (χ0) is 12.0. The monoisotopic (exact) mass is 227 g/mol. The van der Waals surface area contributed by atoms with Crippen LogP contribution in [-0.4, -0.2) is 29.9 Å². The predicted octanol–water partition coefficient (Wildman–Crippen LogP) is 1.39. The van der Waals surface area contributed by atoms with Gasteiger partial charge >= 0.3 is 0 Å². The highest BCUT2D eigenvalue weighted by Crippen LogP contribution is 2.06. The van der Waals surface area contributed by atoms with Crippen molar-refractivity contribution in [3.8, 4) is 0 Å². The van der Waals surface area contributed by atoms with Crippen LogP contribution in [0, 0.1) is 5.92 Å². The maximum Gasteiger partial charge on any atom is 0.227 e. The van der Waals surface area contributed by atoms with Gasteiger partial charge in [0.15, 0.2) is 5.82 Å². The summed E-state index contributed by atoms with van der Waals surface area (Å²) in [6.45, 7) is 7.63. The van der Waals surface area contributed by atoms with Crippen molar-refractivity contribution in [3.63, 3.8) is 0 Å². The second-order valence-corrected chi connectivity index (χ2v) is 4.40. The van der Waals surface area contributed by atoms with Crippen molar-refractivity contribution < 1.29 is 9.26 Å². The second-order valence-electron chi connectivity index (χ2n) is 4.40. The van der Waals surface area contributed by atoms with Crippen LogP contribution in [0.15, 0.2) is 4.52 Å². The highest BCUT2D eigenvalue weighted by atomic mass is 16.5. The van der Waals surface area contributed by atoms with Gasteiger partial charge in [-0.05, 0) is 5.92 Å². The first-order valence-corrected chi connectivity index (χ1v) is 5.65. The van der Waals surface area contributed by atoms with Crippen LogP contribution in [0.5, 0.6) is 0 Å². The van der Waals surface area contributed by atoms with Gasteiger partial charge in [0.1, 0.15) is 0 Å². The van der Waals surface area contributed by atoms with E-state index in [0.29, 0.717) is 36.8 Å². The maximum absolute atomic E-state index is 5.16. The molecule has 0 aromatic carbocycles. The molecule has 0 spiro atoms. The maximum atomic E-state index is 5.16. The van der Waals surface area contributed by atoms with Gasteiger partial charge in [-0.1, -0.05) is 25.9 Å². The van der Waals surface area contributed by atoms with Gasteiger partial charge in [-0.3, -0.25) is 0 Å². The Morgan fingerprint density at radius 3 is 2.75 bits per heavy atom. The van der Waals surface area contributed by atoms with E-state index in [4.69, 9.17) is 9.26 Å². The number of hydrogen-bond acceptors (Lipinski definition) is 5. The molecule has 5 heteroatoms. The SMILES string of the molecule is COCC(C)Cc1nc(CNC(C)C)no1. The second kappa shape index (κ2) is 6.60. The van der Waals surface area contributed by atoms with Crippen molar-refractivity contribution in [2.75, 3.05) is 13.7 Å². The Bertz CT molecular complexity index is 299. The summed E-state index contributed by atoms with van der Waals surface area (Å²) in [5.74, 6) is 1.80. The standard InChI is InChI=1S/C11H21N3O2/c1-8(2)12-6-10-13-11(16-14-10)5-9(3)7-15-4/h8-9,12H,5-7H2,1-4H3. The van der Waals surface area contributed by atoms with Gasteiger partial charge in [0.2, 0.25) is 5.89 Å². The number of nitrogens with one attached hydrogen (secondary N) is 1. The molecular formula is C11H21N3O2. The lowest BCUT2D eigenvalue weighted by atomic mass is 10.1. The minimum atomic E-state index is 0.399. The van der Waals surface area contributed by atoms with E-state index in [1.54, 1.807) is 7.11 Å². The van der Waals surface area contributed by atoms with Gasteiger partial charge < -0.3 is 14.6 Å². The van der Waals surface area contributed by atoms with E-state index in [1.165, 1.54) is 0 Å². The Labute approximate surface area is 96.6 Å². The summed E-state index contributed by atoms with van der Waals surface area (Å²) in [5, 5.41) is 7.16. The summed E-state index contributed by atoms with van der Waals surface area (Å²) in [6, 6.07) is 0.425. The Hall–Kier alpha value is -0.940. The molecule has 5 nitrogen and oxygen atoms in total. The fourth-order valence-electron chi connectivity index (χ4n) is 1.38. The zero-order valence-electron chi connectivity index (χ0n) is 10.5. The van der Waals surface area contributed by atoms with Gasteiger partial charge in [0.25, 0.3) is 0 Å². The summed E-state index contributed by atoms with van der Waals surface area (Å²) in [7, 11) is 1.70. The molecule has 1 N–H and O–H groups in total. The first-order chi connectivity index (χ1) is 7.61. The molecule has 1 rings (SSSR count). The number of aromatic nitrogens is 2. The average Bonchev–Trinajstić information content (AvgIpc) is 2.63. The summed E-state index contributed by atoms with van der Waals surface area (Å²) >= 11 is 0. The molecule has 1 aromatic rings. The third kappa shape index (κ3) is 4.72. The minimum absolute atomic E-state index is 0.399. The van der Waals surface area contributed by atoms with E-state index in [1.807, 2.05) is 0 Å². The highest BCUT2D eigenvalue weighted by Gasteiger charge is 2.10. The smallest absolute Gasteiger partial charge is 0.227 e. The number of rotatable bonds is 7. The molecular weight excluding hydrogens is 206 g/mol. The van der Waals surface area contributed by atoms with Crippen LogP contribution in [0.4, 0.5) is 0 Å². The van der Waals surface area contributed by atoms with Crippen LogP contribution >= 0.6 is 0 Å². The molecule has 0 bridgehead atoms. The molecule has 0 aliphatic heterocycles. The van der Waals surface area contributed by atoms with Gasteiger partial charge in [-0.15, -0.1) is 0 Å². The Balaban J connectivity index is 2.39. The van der Waals surface area contributed by atoms with E-state index in [-0.39, 0.29) is 0 Å². The van der Waals surface area contributed by atoms with Crippen molar-refractivity contribution in [2.24, 2.45) is 5.92 Å². The topological polar surface area (TPSA) is 60.2 Å². The molecule has 1 heterocycles. The van der Waals surface area contributed by atoms with Crippen molar-refractivity contribution in [1.29, 1.82) is 0 Å². The van der Waals surface area contributed by atoms with Crippen LogP contribution in [0.1, 0.15) is 32.5 Å². The van der Waals surface area contributed by atoms with E-state index < -0.39 is 0 Å². The Morgan fingerprint density at radius 2 is 2.12 bits per heavy atom. The molecule has 1 unspecified atom stereocenters. The van der Waals surface area contributed by atoms with Crippen molar-refractivity contribution in [3.05, 3.63) is 11.7 Å². The number of nitrogens with zero attached hydrogens (tertiary/aromatic N) is 2. The molecule has 1 aromatic heterocycles. The summed E-state index contributed by atoms with van der Waals surface area (Å²) in [4.78, 5) is 4.31. The Kier molecular flexibility index (Phi) is 5.42. The lowest BCUT2D eigenvalue weighted by Gasteiger charge is -2.05. The molecule has 0 radical (unpaired) electrons. The number of methoxy groups -OCH3 is 1. The fourth-order valence-corrected chi connectivity index (χ4v) is 1.38. The average molecular weight is 227 g/mol. The normalized spacial score (nSPS) is 13.3. The van der Waals surface area contributed by atoms with Gasteiger partial charge in [0.05, 0.1) is 6.54 Å². The lowest BCUT2D eigenvalue weighted by Crippen LogP contribution is -2.22. The van der Waals surface area contributed by atoms with Crippen molar-refractivity contribution in [1.82, 2.24) is 15.5 Å². The van der Waals surface area contributed by atoms with Gasteiger partial charge in [-0.25, -0.2) is 0 Å². The zero-order valence-corrected chi connectivity index (χ0v) is 10.5. The number of ether oxygens (including phenoxy) is 1. The van der Waals surface area contributed by atoms with Crippen LogP contribution in [0.2, 0.25) is 0 Å². The third-order valence-electron chi connectivity index (χ3n) is 2.15. The molecule has 0 fully saturated rings. The molecule has 92 valence electrons. The quantitative estimate of drug-likeness (QED) is 0.762. The van der Waals surface area contributed by atoms with E-state index in [0.717, 1.165) is 6.42 Å². The Morgan fingerprint density at radius 1 is 1.38 bits per heavy atom. The summed E-state index contributed by atoms with van der Waals surface area (Å²) in [5.41, 5.74) is 0.